The average Bonchev–Trinajstić information content (AvgIpc) is 2.38. The molecule has 100 valence electrons. The third-order valence-electron chi connectivity index (χ3n) is 2.63. The first-order valence-corrected chi connectivity index (χ1v) is 7.20. The van der Waals surface area contributed by atoms with Crippen molar-refractivity contribution in [2.75, 3.05) is 12.4 Å². The Bertz CT molecular complexity index is 590. The van der Waals surface area contributed by atoms with Crippen LogP contribution in [0.4, 0.5) is 10.1 Å². The number of nitrogens with one attached hydrogen (secondary N) is 1. The molecule has 0 bridgehead atoms. The number of ether oxygens (including phenoxy) is 1. The largest absolute Gasteiger partial charge is 0.494 e. The van der Waals surface area contributed by atoms with Gasteiger partial charge in [0.2, 0.25) is 0 Å². The highest BCUT2D eigenvalue weighted by atomic mass is 79.9. The summed E-state index contributed by atoms with van der Waals surface area (Å²) in [5.41, 5.74) is 1.81. The maximum absolute atomic E-state index is 13.5. The molecule has 0 unspecified atom stereocenters. The highest BCUT2D eigenvalue weighted by Gasteiger charge is 2.04. The average molecular weight is 389 g/mol. The molecule has 5 heteroatoms. The number of methoxy groups -OCH3 is 1. The molecule has 2 nitrogen and oxygen atoms in total. The topological polar surface area (TPSA) is 21.3 Å². The first-order valence-electron chi connectivity index (χ1n) is 5.61. The van der Waals surface area contributed by atoms with Crippen molar-refractivity contribution in [2.24, 2.45) is 0 Å². The molecule has 0 heterocycles. The van der Waals surface area contributed by atoms with Crippen LogP contribution in [-0.4, -0.2) is 7.11 Å². The van der Waals surface area contributed by atoms with Gasteiger partial charge in [0, 0.05) is 21.2 Å². The van der Waals surface area contributed by atoms with E-state index >= 15 is 0 Å². The Morgan fingerprint density at radius 3 is 2.58 bits per heavy atom. The molecule has 0 radical (unpaired) electrons. The molecular weight excluding hydrogens is 377 g/mol. The lowest BCUT2D eigenvalue weighted by Crippen LogP contribution is -2.01. The predicted octanol–water partition coefficient (Wildman–Crippen LogP) is 4.97. The molecule has 0 saturated carbocycles. The van der Waals surface area contributed by atoms with Crippen LogP contribution in [-0.2, 0) is 6.54 Å². The van der Waals surface area contributed by atoms with Gasteiger partial charge in [-0.05, 0) is 51.8 Å². The second kappa shape index (κ2) is 6.39. The Labute approximate surface area is 128 Å². The van der Waals surface area contributed by atoms with Gasteiger partial charge in [0.1, 0.15) is 0 Å². The molecule has 0 aromatic heterocycles. The zero-order valence-corrected chi connectivity index (χ0v) is 13.4. The molecule has 2 aromatic rings. The standard InChI is InChI=1S/C14H12Br2FNO/c1-19-14-5-2-9(6-12(14)17)8-18-13-4-3-10(15)7-11(13)16/h2-7,18H,8H2,1H3. The third kappa shape index (κ3) is 3.70. The number of benzene rings is 2. The maximum Gasteiger partial charge on any atom is 0.165 e. The van der Waals surface area contributed by atoms with E-state index in [1.165, 1.54) is 13.2 Å². The molecule has 0 spiro atoms. The van der Waals surface area contributed by atoms with Crippen molar-refractivity contribution >= 4 is 37.5 Å². The molecular formula is C14H12Br2FNO. The van der Waals surface area contributed by atoms with Crippen LogP contribution in [0.25, 0.3) is 0 Å². The van der Waals surface area contributed by atoms with Crippen LogP contribution in [0.15, 0.2) is 45.3 Å². The van der Waals surface area contributed by atoms with Crippen LogP contribution in [0.2, 0.25) is 0 Å². The van der Waals surface area contributed by atoms with Gasteiger partial charge in [0.25, 0.3) is 0 Å². The van der Waals surface area contributed by atoms with E-state index in [0.29, 0.717) is 6.54 Å². The molecule has 0 amide bonds. The fourth-order valence-corrected chi connectivity index (χ4v) is 2.84. The van der Waals surface area contributed by atoms with E-state index < -0.39 is 0 Å². The van der Waals surface area contributed by atoms with Crippen molar-refractivity contribution in [2.45, 2.75) is 6.54 Å². The summed E-state index contributed by atoms with van der Waals surface area (Å²) in [6.07, 6.45) is 0. The Morgan fingerprint density at radius 1 is 1.16 bits per heavy atom. The van der Waals surface area contributed by atoms with Gasteiger partial charge >= 0.3 is 0 Å². The van der Waals surface area contributed by atoms with Gasteiger partial charge in [-0.3, -0.25) is 0 Å². The summed E-state index contributed by atoms with van der Waals surface area (Å²) in [6.45, 7) is 0.543. The number of anilines is 1. The number of halogens is 3. The van der Waals surface area contributed by atoms with Crippen molar-refractivity contribution in [1.29, 1.82) is 0 Å². The van der Waals surface area contributed by atoms with Gasteiger partial charge in [0.15, 0.2) is 11.6 Å². The minimum atomic E-state index is -0.350. The summed E-state index contributed by atoms with van der Waals surface area (Å²) < 4.78 is 20.4. The summed E-state index contributed by atoms with van der Waals surface area (Å²) in [4.78, 5) is 0. The number of hydrogen-bond acceptors (Lipinski definition) is 2. The monoisotopic (exact) mass is 387 g/mol. The first kappa shape index (κ1) is 14.3. The van der Waals surface area contributed by atoms with Crippen LogP contribution in [0, 0.1) is 5.82 Å². The van der Waals surface area contributed by atoms with Gasteiger partial charge < -0.3 is 10.1 Å². The van der Waals surface area contributed by atoms with Crippen molar-refractivity contribution in [3.8, 4) is 5.75 Å². The molecule has 0 aliphatic carbocycles. The van der Waals surface area contributed by atoms with E-state index in [4.69, 9.17) is 4.74 Å². The molecule has 0 aliphatic rings. The molecule has 19 heavy (non-hydrogen) atoms. The normalized spacial score (nSPS) is 10.3. The van der Waals surface area contributed by atoms with Crippen LogP contribution in [0.5, 0.6) is 5.75 Å². The minimum Gasteiger partial charge on any atom is -0.494 e. The molecule has 1 N–H and O–H groups in total. The molecule has 0 fully saturated rings. The third-order valence-corrected chi connectivity index (χ3v) is 3.78. The Balaban J connectivity index is 2.08. The SMILES string of the molecule is COc1ccc(CNc2ccc(Br)cc2Br)cc1F. The number of rotatable bonds is 4. The summed E-state index contributed by atoms with van der Waals surface area (Å²) >= 11 is 6.87. The Kier molecular flexibility index (Phi) is 4.82. The maximum atomic E-state index is 13.5. The number of hydrogen-bond donors (Lipinski definition) is 1. The van der Waals surface area contributed by atoms with E-state index in [1.807, 2.05) is 24.3 Å². The zero-order valence-electron chi connectivity index (χ0n) is 10.2. The van der Waals surface area contributed by atoms with Crippen molar-refractivity contribution in [3.63, 3.8) is 0 Å². The van der Waals surface area contributed by atoms with Gasteiger partial charge in [-0.2, -0.15) is 0 Å². The van der Waals surface area contributed by atoms with Crippen LogP contribution in [0.3, 0.4) is 0 Å². The lowest BCUT2D eigenvalue weighted by atomic mass is 10.2. The highest BCUT2D eigenvalue weighted by Crippen LogP contribution is 2.27. The Hall–Kier alpha value is -1.07. The van der Waals surface area contributed by atoms with Gasteiger partial charge in [0.05, 0.1) is 7.11 Å². The molecule has 0 atom stereocenters. The highest BCUT2D eigenvalue weighted by molar-refractivity contribution is 9.11. The van der Waals surface area contributed by atoms with Gasteiger partial charge in [-0.25, -0.2) is 4.39 Å². The summed E-state index contributed by atoms with van der Waals surface area (Å²) in [5, 5.41) is 3.25. The fourth-order valence-electron chi connectivity index (χ4n) is 1.65. The second-order valence-electron chi connectivity index (χ2n) is 3.95. The fraction of sp³-hybridized carbons (Fsp3) is 0.143. The summed E-state index contributed by atoms with van der Waals surface area (Å²) in [5.74, 6) is -0.0924. The van der Waals surface area contributed by atoms with Crippen LogP contribution < -0.4 is 10.1 Å². The lowest BCUT2D eigenvalue weighted by Gasteiger charge is -2.10. The van der Waals surface area contributed by atoms with Gasteiger partial charge in [-0.15, -0.1) is 0 Å². The quantitative estimate of drug-likeness (QED) is 0.798. The summed E-state index contributed by atoms with van der Waals surface area (Å²) in [7, 11) is 1.45. The van der Waals surface area contributed by atoms with E-state index in [2.05, 4.69) is 37.2 Å². The lowest BCUT2D eigenvalue weighted by molar-refractivity contribution is 0.386. The molecule has 0 aliphatic heterocycles. The van der Waals surface area contributed by atoms with E-state index in [1.54, 1.807) is 6.07 Å². The van der Waals surface area contributed by atoms with Crippen LogP contribution >= 0.6 is 31.9 Å². The first-order chi connectivity index (χ1) is 9.10. The minimum absolute atomic E-state index is 0.258. The molecule has 2 aromatic carbocycles. The summed E-state index contributed by atoms with van der Waals surface area (Å²) in [6, 6.07) is 10.8. The van der Waals surface area contributed by atoms with Crippen LogP contribution in [0.1, 0.15) is 5.56 Å². The second-order valence-corrected chi connectivity index (χ2v) is 5.72. The smallest absolute Gasteiger partial charge is 0.165 e. The zero-order chi connectivity index (χ0) is 13.8. The molecule has 2 rings (SSSR count). The van der Waals surface area contributed by atoms with E-state index in [9.17, 15) is 4.39 Å². The molecule has 0 saturated heterocycles. The van der Waals surface area contributed by atoms with E-state index in [-0.39, 0.29) is 11.6 Å². The van der Waals surface area contributed by atoms with E-state index in [0.717, 1.165) is 20.2 Å². The van der Waals surface area contributed by atoms with Crippen molar-refractivity contribution in [1.82, 2.24) is 0 Å². The van der Waals surface area contributed by atoms with Crippen molar-refractivity contribution in [3.05, 3.63) is 56.7 Å². The Morgan fingerprint density at radius 2 is 1.95 bits per heavy atom. The predicted molar refractivity (Wildman–Crippen MR) is 82.1 cm³/mol. The van der Waals surface area contributed by atoms with Crippen molar-refractivity contribution < 1.29 is 9.13 Å². The van der Waals surface area contributed by atoms with Gasteiger partial charge in [-0.1, -0.05) is 22.0 Å².